The molecule has 1 aromatic heterocycles. The molecule has 0 saturated carbocycles. The number of rotatable bonds is 5. The van der Waals surface area contributed by atoms with E-state index in [1.165, 1.54) is 18.2 Å². The summed E-state index contributed by atoms with van der Waals surface area (Å²) in [6.45, 7) is 6.66. The summed E-state index contributed by atoms with van der Waals surface area (Å²) in [5.74, 6) is 0.707. The maximum absolute atomic E-state index is 13.1. The Kier molecular flexibility index (Phi) is 5.15. The highest BCUT2D eigenvalue weighted by atomic mass is 35.5. The molecule has 21 heavy (non-hydrogen) atoms. The number of aromatic nitrogens is 1. The maximum atomic E-state index is 13.1. The maximum Gasteiger partial charge on any atom is 0.146 e. The topological polar surface area (TPSA) is 34.1 Å². The van der Waals surface area contributed by atoms with Gasteiger partial charge >= 0.3 is 0 Å². The second-order valence-corrected chi connectivity index (χ2v) is 5.55. The van der Waals surface area contributed by atoms with E-state index in [0.29, 0.717) is 24.1 Å². The molecule has 0 aliphatic heterocycles. The van der Waals surface area contributed by atoms with Crippen LogP contribution in [0.4, 0.5) is 4.39 Å². The summed E-state index contributed by atoms with van der Waals surface area (Å²) in [7, 11) is 0. The van der Waals surface area contributed by atoms with E-state index in [9.17, 15) is 4.39 Å². The Balaban J connectivity index is 2.27. The quantitative estimate of drug-likeness (QED) is 0.884. The number of nitrogens with zero attached hydrogens (tertiary/aromatic N) is 1. The first kappa shape index (κ1) is 15.7. The van der Waals surface area contributed by atoms with Gasteiger partial charge in [-0.1, -0.05) is 25.4 Å². The van der Waals surface area contributed by atoms with Gasteiger partial charge in [0.1, 0.15) is 17.3 Å². The van der Waals surface area contributed by atoms with E-state index in [0.717, 1.165) is 11.3 Å². The fraction of sp³-hybridized carbons (Fsp3) is 0.312. The minimum Gasteiger partial charge on any atom is -0.455 e. The van der Waals surface area contributed by atoms with Crippen molar-refractivity contribution in [1.29, 1.82) is 0 Å². The molecular weight excluding hydrogens is 291 g/mol. The lowest BCUT2D eigenvalue weighted by Gasteiger charge is -2.14. The molecule has 0 atom stereocenters. The average molecular weight is 309 g/mol. The van der Waals surface area contributed by atoms with Crippen molar-refractivity contribution < 1.29 is 9.13 Å². The fourth-order valence-corrected chi connectivity index (χ4v) is 1.99. The van der Waals surface area contributed by atoms with E-state index in [2.05, 4.69) is 24.1 Å². The smallest absolute Gasteiger partial charge is 0.146 e. The number of hydrogen-bond donors (Lipinski definition) is 1. The van der Waals surface area contributed by atoms with E-state index in [4.69, 9.17) is 16.3 Å². The Morgan fingerprint density at radius 3 is 2.71 bits per heavy atom. The molecule has 0 amide bonds. The highest BCUT2D eigenvalue weighted by molar-refractivity contribution is 6.32. The van der Waals surface area contributed by atoms with E-state index in [1.807, 2.05) is 13.0 Å². The summed E-state index contributed by atoms with van der Waals surface area (Å²) >= 11 is 6.00. The molecular formula is C16H18ClFN2O. The molecule has 0 radical (unpaired) electrons. The molecule has 1 aromatic carbocycles. The molecule has 0 unspecified atom stereocenters. The zero-order valence-corrected chi connectivity index (χ0v) is 13.0. The minimum atomic E-state index is -0.389. The van der Waals surface area contributed by atoms with Crippen molar-refractivity contribution in [2.75, 3.05) is 0 Å². The minimum absolute atomic E-state index is 0.243. The van der Waals surface area contributed by atoms with E-state index < -0.39 is 0 Å². The number of nitrogens with one attached hydrogen (secondary N) is 1. The van der Waals surface area contributed by atoms with Crippen LogP contribution < -0.4 is 10.1 Å². The second kappa shape index (κ2) is 6.87. The summed E-state index contributed by atoms with van der Waals surface area (Å²) in [5.41, 5.74) is 1.77. The van der Waals surface area contributed by atoms with Gasteiger partial charge in [0.15, 0.2) is 0 Å². The Hall–Kier alpha value is -1.65. The first-order valence-electron chi connectivity index (χ1n) is 6.77. The largest absolute Gasteiger partial charge is 0.455 e. The third kappa shape index (κ3) is 4.41. The van der Waals surface area contributed by atoms with Gasteiger partial charge < -0.3 is 10.1 Å². The van der Waals surface area contributed by atoms with Crippen molar-refractivity contribution in [3.63, 3.8) is 0 Å². The number of hydrogen-bond acceptors (Lipinski definition) is 3. The highest BCUT2D eigenvalue weighted by Crippen LogP contribution is 2.31. The number of halogens is 2. The van der Waals surface area contributed by atoms with Crippen LogP contribution in [0.3, 0.4) is 0 Å². The molecule has 1 heterocycles. The summed E-state index contributed by atoms with van der Waals surface area (Å²) in [5, 5.41) is 3.56. The molecule has 112 valence electrons. The van der Waals surface area contributed by atoms with E-state index >= 15 is 0 Å². The van der Waals surface area contributed by atoms with Crippen LogP contribution in [0.5, 0.6) is 11.5 Å². The molecule has 0 saturated heterocycles. The molecule has 2 aromatic rings. The van der Waals surface area contributed by atoms with Gasteiger partial charge in [0.25, 0.3) is 0 Å². The third-order valence-electron chi connectivity index (χ3n) is 2.90. The molecule has 0 spiro atoms. The number of benzene rings is 1. The molecule has 0 aliphatic rings. The summed E-state index contributed by atoms with van der Waals surface area (Å²) in [6, 6.07) is 6.27. The van der Waals surface area contributed by atoms with Gasteiger partial charge in [0.05, 0.1) is 5.02 Å². The van der Waals surface area contributed by atoms with Crippen molar-refractivity contribution in [2.45, 2.75) is 33.4 Å². The normalized spacial score (nSPS) is 11.0. The zero-order chi connectivity index (χ0) is 15.4. The van der Waals surface area contributed by atoms with Gasteiger partial charge in [-0.25, -0.2) is 4.39 Å². The van der Waals surface area contributed by atoms with Gasteiger partial charge in [-0.2, -0.15) is 0 Å². The van der Waals surface area contributed by atoms with Crippen LogP contribution in [-0.2, 0) is 6.54 Å². The second-order valence-electron chi connectivity index (χ2n) is 5.15. The van der Waals surface area contributed by atoms with Gasteiger partial charge in [-0.3, -0.25) is 4.98 Å². The lowest BCUT2D eigenvalue weighted by Crippen LogP contribution is -2.22. The lowest BCUT2D eigenvalue weighted by atomic mass is 10.2. The number of pyridine rings is 1. The molecule has 2 rings (SSSR count). The van der Waals surface area contributed by atoms with Gasteiger partial charge in [0, 0.05) is 36.1 Å². The van der Waals surface area contributed by atoms with E-state index in [-0.39, 0.29) is 10.8 Å². The molecule has 0 bridgehead atoms. The van der Waals surface area contributed by atoms with Crippen LogP contribution in [-0.4, -0.2) is 11.0 Å². The summed E-state index contributed by atoms with van der Waals surface area (Å²) in [6.07, 6.45) is 1.78. The Morgan fingerprint density at radius 2 is 2.05 bits per heavy atom. The Labute approximate surface area is 129 Å². The van der Waals surface area contributed by atoms with Crippen LogP contribution >= 0.6 is 11.6 Å². The first-order valence-corrected chi connectivity index (χ1v) is 7.15. The summed E-state index contributed by atoms with van der Waals surface area (Å²) < 4.78 is 18.9. The molecule has 0 fully saturated rings. The Bertz CT molecular complexity index is 632. The Morgan fingerprint density at radius 1 is 1.29 bits per heavy atom. The highest BCUT2D eigenvalue weighted by Gasteiger charge is 2.10. The molecule has 1 N–H and O–H groups in total. The van der Waals surface area contributed by atoms with Crippen molar-refractivity contribution in [1.82, 2.24) is 10.3 Å². The van der Waals surface area contributed by atoms with Crippen molar-refractivity contribution in [3.05, 3.63) is 52.6 Å². The van der Waals surface area contributed by atoms with Gasteiger partial charge in [-0.05, 0) is 25.1 Å². The molecule has 0 aliphatic carbocycles. The van der Waals surface area contributed by atoms with Crippen LogP contribution in [0.25, 0.3) is 0 Å². The number of ether oxygens (including phenoxy) is 1. The molecule has 5 heteroatoms. The average Bonchev–Trinajstić information content (AvgIpc) is 2.41. The van der Waals surface area contributed by atoms with Crippen molar-refractivity contribution >= 4 is 11.6 Å². The summed E-state index contributed by atoms with van der Waals surface area (Å²) in [4.78, 5) is 4.28. The van der Waals surface area contributed by atoms with Crippen molar-refractivity contribution in [3.8, 4) is 11.5 Å². The van der Waals surface area contributed by atoms with E-state index in [1.54, 1.807) is 6.20 Å². The first-order chi connectivity index (χ1) is 9.95. The van der Waals surface area contributed by atoms with Gasteiger partial charge in [-0.15, -0.1) is 0 Å². The monoisotopic (exact) mass is 308 g/mol. The van der Waals surface area contributed by atoms with Crippen LogP contribution in [0.15, 0.2) is 30.5 Å². The predicted octanol–water partition coefficient (Wildman–Crippen LogP) is 4.47. The van der Waals surface area contributed by atoms with Crippen LogP contribution in [0.2, 0.25) is 5.02 Å². The van der Waals surface area contributed by atoms with Crippen LogP contribution in [0, 0.1) is 12.7 Å². The standard InChI is InChI=1S/C16H18ClFN2O/c1-10(2)19-8-12-9-20-11(3)6-16(12)21-15-5-4-13(18)7-14(15)17/h4-7,9-10,19H,8H2,1-3H3. The van der Waals surface area contributed by atoms with Crippen LogP contribution in [0.1, 0.15) is 25.1 Å². The van der Waals surface area contributed by atoms with Gasteiger partial charge in [0.2, 0.25) is 0 Å². The zero-order valence-electron chi connectivity index (χ0n) is 12.3. The fourth-order valence-electron chi connectivity index (χ4n) is 1.78. The van der Waals surface area contributed by atoms with Crippen molar-refractivity contribution in [2.24, 2.45) is 0 Å². The lowest BCUT2D eigenvalue weighted by molar-refractivity contribution is 0.466. The molecule has 3 nitrogen and oxygen atoms in total. The third-order valence-corrected chi connectivity index (χ3v) is 3.19. The SMILES string of the molecule is Cc1cc(Oc2ccc(F)cc2Cl)c(CNC(C)C)cn1. The number of aryl methyl sites for hydroxylation is 1. The predicted molar refractivity (Wildman–Crippen MR) is 82.4 cm³/mol.